The third kappa shape index (κ3) is 3.66. The maximum absolute atomic E-state index is 13.3. The van der Waals surface area contributed by atoms with E-state index in [9.17, 15) is 9.59 Å². The number of ether oxygens (including phenoxy) is 1. The number of fused-ring (bicyclic) bond motifs is 1. The van der Waals surface area contributed by atoms with Gasteiger partial charge in [0.1, 0.15) is 10.8 Å². The Morgan fingerprint density at radius 1 is 1.26 bits per heavy atom. The van der Waals surface area contributed by atoms with E-state index in [4.69, 9.17) is 9.15 Å². The molecule has 0 radical (unpaired) electrons. The monoisotopic (exact) mass is 388 g/mol. The first kappa shape index (κ1) is 18.3. The zero-order valence-corrected chi connectivity index (χ0v) is 16.5. The topological polar surface area (TPSA) is 71.8 Å². The largest absolute Gasteiger partial charge is 0.456 e. The first-order valence-corrected chi connectivity index (χ1v) is 10.2. The minimum Gasteiger partial charge on any atom is -0.456 e. The van der Waals surface area contributed by atoms with Crippen LogP contribution in [-0.2, 0) is 17.6 Å². The molecule has 0 aromatic carbocycles. The summed E-state index contributed by atoms with van der Waals surface area (Å²) in [4.78, 5) is 28.9. The molecule has 0 saturated carbocycles. The molecule has 3 heterocycles. The number of aryl methyl sites for hydroxylation is 1. The number of nitrogens with one attached hydrogen (secondary N) is 1. The summed E-state index contributed by atoms with van der Waals surface area (Å²) in [5, 5.41) is 3.58. The van der Waals surface area contributed by atoms with Crippen LogP contribution in [0, 0.1) is 12.8 Å². The van der Waals surface area contributed by atoms with Gasteiger partial charge in [-0.05, 0) is 49.8 Å². The van der Waals surface area contributed by atoms with Gasteiger partial charge < -0.3 is 19.4 Å². The number of furan rings is 1. The molecule has 1 saturated heterocycles. The van der Waals surface area contributed by atoms with Crippen molar-refractivity contribution in [3.63, 3.8) is 0 Å². The highest BCUT2D eigenvalue weighted by Gasteiger charge is 2.31. The average Bonchev–Trinajstić information content (AvgIpc) is 3.24. The van der Waals surface area contributed by atoms with Crippen LogP contribution in [0.3, 0.4) is 0 Å². The van der Waals surface area contributed by atoms with Crippen LogP contribution in [0.25, 0.3) is 0 Å². The highest BCUT2D eigenvalue weighted by atomic mass is 32.1. The van der Waals surface area contributed by atoms with Crippen molar-refractivity contribution in [3.8, 4) is 0 Å². The van der Waals surface area contributed by atoms with E-state index in [1.54, 1.807) is 19.1 Å². The molecule has 1 fully saturated rings. The van der Waals surface area contributed by atoms with Crippen LogP contribution in [-0.4, -0.2) is 43.0 Å². The molecule has 144 valence electrons. The van der Waals surface area contributed by atoms with Gasteiger partial charge in [0.05, 0.1) is 18.8 Å². The molecule has 2 aliphatic rings. The van der Waals surface area contributed by atoms with Crippen molar-refractivity contribution >= 4 is 28.2 Å². The second kappa shape index (κ2) is 7.48. The van der Waals surface area contributed by atoms with E-state index in [1.165, 1.54) is 16.2 Å². The molecule has 4 rings (SSSR count). The van der Waals surface area contributed by atoms with Crippen LogP contribution in [0.4, 0.5) is 5.00 Å². The Balaban J connectivity index is 1.67. The predicted molar refractivity (Wildman–Crippen MR) is 104 cm³/mol. The normalized spacial score (nSPS) is 19.6. The Morgan fingerprint density at radius 3 is 2.74 bits per heavy atom. The number of carbonyl (C=O) groups is 2. The third-order valence-corrected chi connectivity index (χ3v) is 6.38. The highest BCUT2D eigenvalue weighted by molar-refractivity contribution is 7.17. The van der Waals surface area contributed by atoms with Crippen molar-refractivity contribution in [1.82, 2.24) is 4.90 Å². The summed E-state index contributed by atoms with van der Waals surface area (Å²) in [5.41, 5.74) is 1.78. The summed E-state index contributed by atoms with van der Waals surface area (Å²) in [6.45, 7) is 6.32. The van der Waals surface area contributed by atoms with Crippen LogP contribution in [0.2, 0.25) is 0 Å². The summed E-state index contributed by atoms with van der Waals surface area (Å²) >= 11 is 1.54. The molecule has 1 aliphatic heterocycles. The van der Waals surface area contributed by atoms with E-state index in [1.807, 2.05) is 4.90 Å². The molecule has 27 heavy (non-hydrogen) atoms. The van der Waals surface area contributed by atoms with Crippen molar-refractivity contribution in [2.75, 3.05) is 31.6 Å². The van der Waals surface area contributed by atoms with Crippen molar-refractivity contribution in [3.05, 3.63) is 39.7 Å². The number of morpholine rings is 1. The van der Waals surface area contributed by atoms with E-state index < -0.39 is 0 Å². The highest BCUT2D eigenvalue weighted by Crippen LogP contribution is 2.40. The SMILES string of the molecule is Cc1ccc(C(=O)Nc2sc3c(c2C(=O)N2CCOCC2)CC[C@H](C)C3)o1. The van der Waals surface area contributed by atoms with Crippen molar-refractivity contribution in [1.29, 1.82) is 0 Å². The second-order valence-corrected chi connectivity index (χ2v) is 8.43. The van der Waals surface area contributed by atoms with Gasteiger partial charge in [-0.25, -0.2) is 0 Å². The average molecular weight is 388 g/mol. The summed E-state index contributed by atoms with van der Waals surface area (Å²) < 4.78 is 10.8. The quantitative estimate of drug-likeness (QED) is 0.874. The number of rotatable bonds is 3. The lowest BCUT2D eigenvalue weighted by molar-refractivity contribution is 0.0303. The second-order valence-electron chi connectivity index (χ2n) is 7.32. The van der Waals surface area contributed by atoms with Crippen LogP contribution >= 0.6 is 11.3 Å². The van der Waals surface area contributed by atoms with Crippen molar-refractivity contribution in [2.24, 2.45) is 5.92 Å². The smallest absolute Gasteiger partial charge is 0.291 e. The van der Waals surface area contributed by atoms with Crippen LogP contribution in [0.15, 0.2) is 16.5 Å². The maximum Gasteiger partial charge on any atom is 0.291 e. The van der Waals surface area contributed by atoms with Crippen molar-refractivity contribution in [2.45, 2.75) is 33.1 Å². The zero-order chi connectivity index (χ0) is 19.0. The Kier molecular flexibility index (Phi) is 5.06. The number of nitrogens with zero attached hydrogens (tertiary/aromatic N) is 1. The van der Waals surface area contributed by atoms with E-state index in [0.29, 0.717) is 48.5 Å². The molecule has 1 aliphatic carbocycles. The Bertz CT molecular complexity index is 863. The van der Waals surface area contributed by atoms with Crippen LogP contribution in [0.5, 0.6) is 0 Å². The Labute approximate surface area is 162 Å². The van der Waals surface area contributed by atoms with E-state index in [0.717, 1.165) is 24.8 Å². The molecule has 2 aromatic heterocycles. The minimum absolute atomic E-state index is 0.00345. The number of hydrogen-bond acceptors (Lipinski definition) is 5. The van der Waals surface area contributed by atoms with Crippen molar-refractivity contribution < 1.29 is 18.7 Å². The number of thiophene rings is 1. The molecule has 1 atom stereocenters. The number of hydrogen-bond donors (Lipinski definition) is 1. The van der Waals surface area contributed by atoms with Gasteiger partial charge in [0, 0.05) is 18.0 Å². The molecule has 0 spiro atoms. The molecule has 7 heteroatoms. The van der Waals surface area contributed by atoms with E-state index in [2.05, 4.69) is 12.2 Å². The van der Waals surface area contributed by atoms with Gasteiger partial charge >= 0.3 is 0 Å². The van der Waals surface area contributed by atoms with E-state index in [-0.39, 0.29) is 17.6 Å². The molecule has 2 aromatic rings. The van der Waals surface area contributed by atoms with Crippen LogP contribution in [0.1, 0.15) is 50.5 Å². The lowest BCUT2D eigenvalue weighted by Crippen LogP contribution is -2.41. The number of carbonyl (C=O) groups excluding carboxylic acids is 2. The number of anilines is 1. The lowest BCUT2D eigenvalue weighted by atomic mass is 9.88. The fraction of sp³-hybridized carbons (Fsp3) is 0.500. The molecule has 0 unspecified atom stereocenters. The predicted octanol–water partition coefficient (Wildman–Crippen LogP) is 3.50. The van der Waals surface area contributed by atoms with Gasteiger partial charge in [0.15, 0.2) is 5.76 Å². The summed E-state index contributed by atoms with van der Waals surface area (Å²) in [6.07, 6.45) is 2.91. The summed E-state index contributed by atoms with van der Waals surface area (Å²) in [7, 11) is 0. The Morgan fingerprint density at radius 2 is 2.04 bits per heavy atom. The van der Waals surface area contributed by atoms with Gasteiger partial charge in [-0.1, -0.05) is 6.92 Å². The summed E-state index contributed by atoms with van der Waals surface area (Å²) in [5.74, 6) is 1.22. The third-order valence-electron chi connectivity index (χ3n) is 5.22. The first-order chi connectivity index (χ1) is 13.0. The molecular weight excluding hydrogens is 364 g/mol. The van der Waals surface area contributed by atoms with Gasteiger partial charge in [-0.3, -0.25) is 9.59 Å². The fourth-order valence-electron chi connectivity index (χ4n) is 3.71. The standard InChI is InChI=1S/C20H24N2O4S/c1-12-3-5-14-16(11-12)27-19(21-18(23)15-6-4-13(2)26-15)17(14)20(24)22-7-9-25-10-8-22/h4,6,12H,3,5,7-11H2,1-2H3,(H,21,23)/t12-/m0/s1. The molecule has 0 bridgehead atoms. The van der Waals surface area contributed by atoms with E-state index >= 15 is 0 Å². The number of amides is 2. The first-order valence-electron chi connectivity index (χ1n) is 9.42. The minimum atomic E-state index is -0.314. The lowest BCUT2D eigenvalue weighted by Gasteiger charge is -2.28. The van der Waals surface area contributed by atoms with Gasteiger partial charge in [-0.15, -0.1) is 11.3 Å². The van der Waals surface area contributed by atoms with Gasteiger partial charge in [0.2, 0.25) is 0 Å². The molecular formula is C20H24N2O4S. The van der Waals surface area contributed by atoms with Gasteiger partial charge in [0.25, 0.3) is 11.8 Å². The zero-order valence-electron chi connectivity index (χ0n) is 15.7. The Hall–Kier alpha value is -2.12. The summed E-state index contributed by atoms with van der Waals surface area (Å²) in [6, 6.07) is 3.42. The van der Waals surface area contributed by atoms with Gasteiger partial charge in [-0.2, -0.15) is 0 Å². The maximum atomic E-state index is 13.3. The molecule has 1 N–H and O–H groups in total. The molecule has 6 nitrogen and oxygen atoms in total. The molecule has 2 amide bonds. The fourth-order valence-corrected chi connectivity index (χ4v) is 5.11. The van der Waals surface area contributed by atoms with Crippen LogP contribution < -0.4 is 5.32 Å².